The maximum Gasteiger partial charge on any atom is 0.412 e. The van der Waals surface area contributed by atoms with E-state index in [-0.39, 0.29) is 0 Å². The van der Waals surface area contributed by atoms with Crippen molar-refractivity contribution in [2.75, 3.05) is 37.8 Å². The molecule has 3 aromatic rings. The van der Waals surface area contributed by atoms with Gasteiger partial charge in [-0.05, 0) is 56.9 Å². The van der Waals surface area contributed by atoms with Crippen molar-refractivity contribution in [2.24, 2.45) is 0 Å². The highest BCUT2D eigenvalue weighted by Crippen LogP contribution is 2.41. The van der Waals surface area contributed by atoms with E-state index in [2.05, 4.69) is 46.6 Å². The normalized spacial score (nSPS) is 12.0. The number of nitrogen functional groups attached to an aromatic ring is 1. The van der Waals surface area contributed by atoms with Gasteiger partial charge in [-0.2, -0.15) is 0 Å². The minimum Gasteiger partial charge on any atom is -0.495 e. The van der Waals surface area contributed by atoms with Gasteiger partial charge >= 0.3 is 6.09 Å². The van der Waals surface area contributed by atoms with Crippen LogP contribution < -0.4 is 15.8 Å². The van der Waals surface area contributed by atoms with Crippen LogP contribution in [0, 0.1) is 0 Å². The molecule has 0 spiro atoms. The molecule has 0 saturated heterocycles. The zero-order chi connectivity index (χ0) is 24.9. The maximum atomic E-state index is 12.2. The smallest absolute Gasteiger partial charge is 0.412 e. The third kappa shape index (κ3) is 6.07. The highest BCUT2D eigenvalue weighted by Gasteiger charge is 2.19. The second-order valence-electron chi connectivity index (χ2n) is 8.88. The molecule has 0 fully saturated rings. The van der Waals surface area contributed by atoms with Crippen LogP contribution >= 0.6 is 11.3 Å². The maximum absolute atomic E-state index is 12.2. The Kier molecular flexibility index (Phi) is 8.17. The average molecular weight is 483 g/mol. The van der Waals surface area contributed by atoms with Crippen LogP contribution in [0.3, 0.4) is 0 Å². The number of carbonyl (C=O) groups excluding carboxylic acids is 1. The van der Waals surface area contributed by atoms with Gasteiger partial charge in [0, 0.05) is 34.0 Å². The lowest BCUT2D eigenvalue weighted by molar-refractivity contribution is 0.0635. The van der Waals surface area contributed by atoms with Crippen LogP contribution in [-0.4, -0.2) is 48.3 Å². The Morgan fingerprint density at radius 3 is 2.65 bits per heavy atom. The van der Waals surface area contributed by atoms with Gasteiger partial charge in [-0.1, -0.05) is 32.1 Å². The Morgan fingerprint density at radius 2 is 2.00 bits per heavy atom. The Balaban J connectivity index is 1.93. The highest BCUT2D eigenvalue weighted by atomic mass is 32.1. The summed E-state index contributed by atoms with van der Waals surface area (Å²) >= 11 is 1.64. The van der Waals surface area contributed by atoms with Crippen molar-refractivity contribution in [1.29, 1.82) is 0 Å². The van der Waals surface area contributed by atoms with Crippen molar-refractivity contribution in [2.45, 2.75) is 40.2 Å². The Labute approximate surface area is 205 Å². The molecule has 0 aliphatic heterocycles. The predicted octanol–water partition coefficient (Wildman–Crippen LogP) is 6.26. The van der Waals surface area contributed by atoms with E-state index in [9.17, 15) is 4.79 Å². The number of nitrogens with zero attached hydrogens (tertiary/aromatic N) is 2. The first-order chi connectivity index (χ1) is 16.2. The third-order valence-corrected chi connectivity index (χ3v) is 6.38. The summed E-state index contributed by atoms with van der Waals surface area (Å²) in [6, 6.07) is 5.62. The first-order valence-electron chi connectivity index (χ1n) is 11.4. The monoisotopic (exact) mass is 482 g/mol. The summed E-state index contributed by atoms with van der Waals surface area (Å²) in [7, 11) is 1.57. The van der Waals surface area contributed by atoms with Crippen LogP contribution in [0.5, 0.6) is 5.75 Å². The predicted molar refractivity (Wildman–Crippen MR) is 143 cm³/mol. The van der Waals surface area contributed by atoms with E-state index in [0.29, 0.717) is 17.3 Å². The number of rotatable bonds is 8. The minimum absolute atomic E-state index is 0.488. The molecule has 0 unspecified atom stereocenters. The molecule has 0 radical (unpaired) electrons. The van der Waals surface area contributed by atoms with Crippen LogP contribution in [0.1, 0.15) is 40.2 Å². The molecule has 1 amide bonds. The number of aromatic nitrogens is 1. The highest BCUT2D eigenvalue weighted by molar-refractivity contribution is 7.18. The topological polar surface area (TPSA) is 89.7 Å². The number of nitrogens with one attached hydrogen (secondary N) is 1. The molecular weight excluding hydrogens is 448 g/mol. The average Bonchev–Trinajstić information content (AvgIpc) is 3.23. The molecule has 182 valence electrons. The number of hydrogen-bond acceptors (Lipinski definition) is 7. The fourth-order valence-corrected chi connectivity index (χ4v) is 4.68. The van der Waals surface area contributed by atoms with E-state index >= 15 is 0 Å². The number of amides is 1. The van der Waals surface area contributed by atoms with Crippen molar-refractivity contribution < 1.29 is 14.3 Å². The SMILES string of the molecule is CCN(CC)CC=Cc1cnc(N)c2c(-c3ccc(NC(=O)OC(C)(C)C)c(OC)c3)csc12. The first kappa shape index (κ1) is 25.5. The first-order valence-corrected chi connectivity index (χ1v) is 12.3. The molecule has 0 aliphatic carbocycles. The number of carbonyl (C=O) groups is 1. The lowest BCUT2D eigenvalue weighted by atomic mass is 10.0. The summed E-state index contributed by atoms with van der Waals surface area (Å²) < 4.78 is 12.0. The zero-order valence-electron chi connectivity index (χ0n) is 20.8. The van der Waals surface area contributed by atoms with Crippen molar-refractivity contribution in [3.63, 3.8) is 0 Å². The second-order valence-corrected chi connectivity index (χ2v) is 9.76. The zero-order valence-corrected chi connectivity index (χ0v) is 21.6. The van der Waals surface area contributed by atoms with Gasteiger partial charge in [0.1, 0.15) is 17.2 Å². The Hall–Kier alpha value is -3.10. The van der Waals surface area contributed by atoms with Gasteiger partial charge in [-0.25, -0.2) is 9.78 Å². The summed E-state index contributed by atoms with van der Waals surface area (Å²) in [6.45, 7) is 12.7. The molecule has 2 aromatic heterocycles. The standard InChI is InChI=1S/C26H34N4O3S/c1-7-30(8-2)13-9-10-18-15-28-24(27)22-19(16-34-23(18)22)17-11-12-20(21(14-17)32-6)29-25(31)33-26(3,4)5/h9-12,14-16H,7-8,13H2,1-6H3,(H2,27,28)(H,29,31). The summed E-state index contributed by atoms with van der Waals surface area (Å²) in [5.41, 5.74) is 9.20. The number of benzene rings is 1. The fourth-order valence-electron chi connectivity index (χ4n) is 3.60. The molecule has 1 aromatic carbocycles. The van der Waals surface area contributed by atoms with E-state index in [1.807, 2.05) is 39.1 Å². The number of pyridine rings is 1. The van der Waals surface area contributed by atoms with Crippen LogP contribution in [-0.2, 0) is 4.74 Å². The van der Waals surface area contributed by atoms with E-state index < -0.39 is 11.7 Å². The van der Waals surface area contributed by atoms with Crippen molar-refractivity contribution in [3.05, 3.63) is 41.4 Å². The lowest BCUT2D eigenvalue weighted by Gasteiger charge is -2.20. The van der Waals surface area contributed by atoms with Crippen molar-refractivity contribution >= 4 is 45.1 Å². The number of hydrogen-bond donors (Lipinski definition) is 2. The van der Waals surface area contributed by atoms with Crippen molar-refractivity contribution in [1.82, 2.24) is 9.88 Å². The molecule has 0 aliphatic rings. The summed E-state index contributed by atoms with van der Waals surface area (Å²) in [6.07, 6.45) is 5.57. The molecule has 8 heteroatoms. The van der Waals surface area contributed by atoms with Crippen LogP contribution in [0.4, 0.5) is 16.3 Å². The summed E-state index contributed by atoms with van der Waals surface area (Å²) in [5, 5.41) is 5.76. The van der Waals surface area contributed by atoms with Gasteiger partial charge in [-0.3, -0.25) is 5.32 Å². The van der Waals surface area contributed by atoms with Gasteiger partial charge in [0.05, 0.1) is 12.8 Å². The molecular formula is C26H34N4O3S. The van der Waals surface area contributed by atoms with E-state index in [1.54, 1.807) is 24.5 Å². The molecule has 3 rings (SSSR count). The van der Waals surface area contributed by atoms with Crippen LogP contribution in [0.25, 0.3) is 27.3 Å². The molecule has 7 nitrogen and oxygen atoms in total. The number of thiophene rings is 1. The second kappa shape index (κ2) is 10.9. The fraction of sp³-hybridized carbons (Fsp3) is 0.385. The van der Waals surface area contributed by atoms with Gasteiger partial charge in [0.25, 0.3) is 0 Å². The molecule has 3 N–H and O–H groups in total. The number of nitrogens with two attached hydrogens (primary N) is 1. The molecule has 0 atom stereocenters. The molecule has 0 saturated carbocycles. The van der Waals surface area contributed by atoms with E-state index in [0.717, 1.165) is 46.4 Å². The quantitative estimate of drug-likeness (QED) is 0.394. The van der Waals surface area contributed by atoms with Gasteiger partial charge in [0.15, 0.2) is 0 Å². The summed E-state index contributed by atoms with van der Waals surface area (Å²) in [5.74, 6) is 1.02. The lowest BCUT2D eigenvalue weighted by Crippen LogP contribution is -2.27. The van der Waals surface area contributed by atoms with Gasteiger partial charge in [-0.15, -0.1) is 11.3 Å². The van der Waals surface area contributed by atoms with E-state index in [4.69, 9.17) is 15.2 Å². The number of likely N-dealkylation sites (N-methyl/N-ethyl adjacent to an activating group) is 1. The van der Waals surface area contributed by atoms with Crippen LogP contribution in [0.15, 0.2) is 35.9 Å². The van der Waals surface area contributed by atoms with Gasteiger partial charge in [0.2, 0.25) is 0 Å². The number of fused-ring (bicyclic) bond motifs is 1. The van der Waals surface area contributed by atoms with Crippen LogP contribution in [0.2, 0.25) is 0 Å². The minimum atomic E-state index is -0.588. The number of anilines is 2. The third-order valence-electron chi connectivity index (χ3n) is 5.36. The summed E-state index contributed by atoms with van der Waals surface area (Å²) in [4.78, 5) is 19.0. The largest absolute Gasteiger partial charge is 0.495 e. The van der Waals surface area contributed by atoms with Gasteiger partial charge < -0.3 is 20.1 Å². The van der Waals surface area contributed by atoms with Crippen molar-refractivity contribution in [3.8, 4) is 16.9 Å². The van der Waals surface area contributed by atoms with E-state index in [1.165, 1.54) is 0 Å². The number of ether oxygens (including phenoxy) is 2. The molecule has 2 heterocycles. The molecule has 0 bridgehead atoms. The molecule has 34 heavy (non-hydrogen) atoms. The Morgan fingerprint density at radius 1 is 1.26 bits per heavy atom. The Bertz CT molecular complexity index is 1180. The number of methoxy groups -OCH3 is 1.